The zero-order valence-electron chi connectivity index (χ0n) is 16.1. The van der Waals surface area contributed by atoms with Gasteiger partial charge in [-0.1, -0.05) is 49.6 Å². The molecule has 0 radical (unpaired) electrons. The van der Waals surface area contributed by atoms with Gasteiger partial charge in [-0.15, -0.1) is 12.4 Å². The number of carbonyl (C=O) groups is 3. The third kappa shape index (κ3) is 5.20. The first-order valence-electron chi connectivity index (χ1n) is 9.02. The molecule has 4 N–H and O–H groups in total. The van der Waals surface area contributed by atoms with E-state index in [-0.39, 0.29) is 30.9 Å². The lowest BCUT2D eigenvalue weighted by molar-refractivity contribution is -0.135. The lowest BCUT2D eigenvalue weighted by Crippen LogP contribution is -2.47. The van der Waals surface area contributed by atoms with E-state index in [9.17, 15) is 14.4 Å². The number of hydrogen-bond donors (Lipinski definition) is 3. The normalized spacial score (nSPS) is 20.1. The predicted molar refractivity (Wildman–Crippen MR) is 107 cm³/mol. The van der Waals surface area contributed by atoms with E-state index in [0.29, 0.717) is 12.1 Å². The van der Waals surface area contributed by atoms with Crippen molar-refractivity contribution in [2.75, 3.05) is 13.1 Å². The summed E-state index contributed by atoms with van der Waals surface area (Å²) in [4.78, 5) is 38.4. The van der Waals surface area contributed by atoms with E-state index >= 15 is 0 Å². The SMILES string of the molecule is CCCCC(CN)NC(=O)CN1C(=O)NC(C)(c2ccc(C)cc2)C1=O.Cl. The summed E-state index contributed by atoms with van der Waals surface area (Å²) in [7, 11) is 0. The van der Waals surface area contributed by atoms with Crippen LogP contribution in [0.2, 0.25) is 0 Å². The maximum Gasteiger partial charge on any atom is 0.325 e. The number of imide groups is 1. The highest BCUT2D eigenvalue weighted by atomic mass is 35.5. The van der Waals surface area contributed by atoms with Gasteiger partial charge in [-0.05, 0) is 25.8 Å². The van der Waals surface area contributed by atoms with E-state index < -0.39 is 17.5 Å². The summed E-state index contributed by atoms with van der Waals surface area (Å²) in [5.41, 5.74) is 6.26. The number of aryl methyl sites for hydroxylation is 1. The van der Waals surface area contributed by atoms with Gasteiger partial charge in [0.15, 0.2) is 0 Å². The maximum atomic E-state index is 12.8. The molecule has 0 saturated carbocycles. The number of nitrogens with one attached hydrogen (secondary N) is 2. The van der Waals surface area contributed by atoms with Crippen LogP contribution in [-0.4, -0.2) is 41.9 Å². The first kappa shape index (κ1) is 22.9. The fourth-order valence-electron chi connectivity index (χ4n) is 3.04. The predicted octanol–water partition coefficient (Wildman–Crippen LogP) is 1.82. The Bertz CT molecular complexity index is 680. The summed E-state index contributed by atoms with van der Waals surface area (Å²) in [5.74, 6) is -0.812. The molecule has 0 aromatic heterocycles. The monoisotopic (exact) mass is 396 g/mol. The number of rotatable bonds is 8. The van der Waals surface area contributed by atoms with Gasteiger partial charge in [-0.2, -0.15) is 0 Å². The second-order valence-electron chi connectivity index (χ2n) is 6.95. The molecule has 1 saturated heterocycles. The van der Waals surface area contributed by atoms with Gasteiger partial charge in [0.1, 0.15) is 12.1 Å². The number of amides is 4. The van der Waals surface area contributed by atoms with Crippen LogP contribution in [0, 0.1) is 6.92 Å². The molecule has 2 unspecified atom stereocenters. The van der Waals surface area contributed by atoms with Gasteiger partial charge in [0, 0.05) is 12.6 Å². The summed E-state index contributed by atoms with van der Waals surface area (Å²) in [6, 6.07) is 6.68. The highest BCUT2D eigenvalue weighted by molar-refractivity contribution is 6.09. The Balaban J connectivity index is 0.00000364. The maximum absolute atomic E-state index is 12.8. The van der Waals surface area contributed by atoms with E-state index in [1.807, 2.05) is 31.2 Å². The number of halogens is 1. The van der Waals surface area contributed by atoms with Crippen molar-refractivity contribution in [2.24, 2.45) is 5.73 Å². The van der Waals surface area contributed by atoms with Gasteiger partial charge in [-0.3, -0.25) is 14.5 Å². The highest BCUT2D eigenvalue weighted by Crippen LogP contribution is 2.28. The van der Waals surface area contributed by atoms with Crippen molar-refractivity contribution in [3.05, 3.63) is 35.4 Å². The van der Waals surface area contributed by atoms with Crippen LogP contribution in [0.4, 0.5) is 4.79 Å². The van der Waals surface area contributed by atoms with Crippen molar-refractivity contribution in [3.8, 4) is 0 Å². The average Bonchev–Trinajstić information content (AvgIpc) is 2.83. The summed E-state index contributed by atoms with van der Waals surface area (Å²) in [6.07, 6.45) is 2.74. The van der Waals surface area contributed by atoms with Crippen molar-refractivity contribution in [1.29, 1.82) is 0 Å². The third-order valence-electron chi connectivity index (χ3n) is 4.76. The molecule has 1 aliphatic rings. The van der Waals surface area contributed by atoms with Crippen molar-refractivity contribution in [3.63, 3.8) is 0 Å². The fourth-order valence-corrected chi connectivity index (χ4v) is 3.04. The van der Waals surface area contributed by atoms with Crippen molar-refractivity contribution in [2.45, 2.75) is 51.6 Å². The largest absolute Gasteiger partial charge is 0.351 e. The summed E-state index contributed by atoms with van der Waals surface area (Å²) in [5, 5.41) is 5.51. The smallest absolute Gasteiger partial charge is 0.325 e. The molecule has 1 heterocycles. The molecule has 27 heavy (non-hydrogen) atoms. The van der Waals surface area contributed by atoms with Crippen LogP contribution in [0.1, 0.15) is 44.2 Å². The molecule has 8 heteroatoms. The standard InChI is InChI=1S/C19H28N4O3.ClH/c1-4-5-6-15(11-20)21-16(24)12-23-17(25)19(3,22-18(23)26)14-9-7-13(2)8-10-14;/h7-10,15H,4-6,11-12,20H2,1-3H3,(H,21,24)(H,22,26);1H. The second kappa shape index (κ2) is 9.71. The Morgan fingerprint density at radius 1 is 1.30 bits per heavy atom. The van der Waals surface area contributed by atoms with E-state index in [4.69, 9.17) is 5.73 Å². The fraction of sp³-hybridized carbons (Fsp3) is 0.526. The highest BCUT2D eigenvalue weighted by Gasteiger charge is 2.49. The van der Waals surface area contributed by atoms with Gasteiger partial charge in [0.05, 0.1) is 0 Å². The number of hydrogen-bond acceptors (Lipinski definition) is 4. The van der Waals surface area contributed by atoms with Crippen LogP contribution in [-0.2, 0) is 15.1 Å². The zero-order chi connectivity index (χ0) is 19.3. The quantitative estimate of drug-likeness (QED) is 0.583. The minimum absolute atomic E-state index is 0. The number of benzene rings is 1. The Kier molecular flexibility index (Phi) is 8.24. The van der Waals surface area contributed by atoms with Crippen LogP contribution < -0.4 is 16.4 Å². The van der Waals surface area contributed by atoms with Crippen molar-refractivity contribution in [1.82, 2.24) is 15.5 Å². The number of nitrogens with two attached hydrogens (primary N) is 1. The van der Waals surface area contributed by atoms with Gasteiger partial charge in [0.25, 0.3) is 5.91 Å². The summed E-state index contributed by atoms with van der Waals surface area (Å²) < 4.78 is 0. The summed E-state index contributed by atoms with van der Waals surface area (Å²) >= 11 is 0. The molecule has 1 aromatic rings. The Labute approximate surface area is 166 Å². The molecule has 0 bridgehead atoms. The van der Waals surface area contributed by atoms with Gasteiger partial charge >= 0.3 is 6.03 Å². The number of urea groups is 1. The Morgan fingerprint density at radius 3 is 2.48 bits per heavy atom. The molecular weight excluding hydrogens is 368 g/mol. The molecule has 1 fully saturated rings. The minimum atomic E-state index is -1.17. The van der Waals surface area contributed by atoms with Crippen molar-refractivity contribution < 1.29 is 14.4 Å². The molecule has 150 valence electrons. The van der Waals surface area contributed by atoms with Gasteiger partial charge < -0.3 is 16.4 Å². The lowest BCUT2D eigenvalue weighted by atomic mass is 9.91. The van der Waals surface area contributed by atoms with E-state index in [0.717, 1.165) is 29.7 Å². The number of carbonyl (C=O) groups excluding carboxylic acids is 3. The Morgan fingerprint density at radius 2 is 1.93 bits per heavy atom. The van der Waals surface area contributed by atoms with Crippen LogP contribution in [0.3, 0.4) is 0 Å². The van der Waals surface area contributed by atoms with Crippen molar-refractivity contribution >= 4 is 30.3 Å². The molecule has 7 nitrogen and oxygen atoms in total. The van der Waals surface area contributed by atoms with Crippen LogP contribution in [0.25, 0.3) is 0 Å². The first-order valence-corrected chi connectivity index (χ1v) is 9.02. The summed E-state index contributed by atoms with van der Waals surface area (Å²) in [6.45, 7) is 5.68. The molecule has 4 amide bonds. The minimum Gasteiger partial charge on any atom is -0.351 e. The third-order valence-corrected chi connectivity index (χ3v) is 4.76. The molecular formula is C19H29ClN4O3. The molecule has 1 aromatic carbocycles. The van der Waals surface area contributed by atoms with Gasteiger partial charge in [0.2, 0.25) is 5.91 Å². The number of unbranched alkanes of at least 4 members (excludes halogenated alkanes) is 1. The second-order valence-corrected chi connectivity index (χ2v) is 6.95. The Hall–Kier alpha value is -2.12. The number of nitrogens with zero attached hydrogens (tertiary/aromatic N) is 1. The molecule has 0 aliphatic carbocycles. The van der Waals surface area contributed by atoms with E-state index in [2.05, 4.69) is 17.6 Å². The zero-order valence-corrected chi connectivity index (χ0v) is 16.9. The molecule has 2 atom stereocenters. The molecule has 1 aliphatic heterocycles. The van der Waals surface area contributed by atoms with Crippen LogP contribution >= 0.6 is 12.4 Å². The topological polar surface area (TPSA) is 105 Å². The van der Waals surface area contributed by atoms with Crippen LogP contribution in [0.15, 0.2) is 24.3 Å². The molecule has 0 spiro atoms. The van der Waals surface area contributed by atoms with E-state index in [1.54, 1.807) is 6.92 Å². The lowest BCUT2D eigenvalue weighted by Gasteiger charge is -2.23. The van der Waals surface area contributed by atoms with Gasteiger partial charge in [-0.25, -0.2) is 4.79 Å². The van der Waals surface area contributed by atoms with Crippen LogP contribution in [0.5, 0.6) is 0 Å². The first-order chi connectivity index (χ1) is 12.3. The van der Waals surface area contributed by atoms with E-state index in [1.165, 1.54) is 0 Å². The average molecular weight is 397 g/mol. The molecule has 2 rings (SSSR count).